The number of hydrogen-bond donors (Lipinski definition) is 1. The van der Waals surface area contributed by atoms with Crippen LogP contribution in [0.4, 0.5) is 5.69 Å². The van der Waals surface area contributed by atoms with Crippen molar-refractivity contribution in [2.24, 2.45) is 0 Å². The van der Waals surface area contributed by atoms with Gasteiger partial charge in [-0.25, -0.2) is 0 Å². The topological polar surface area (TPSA) is 105 Å². The van der Waals surface area contributed by atoms with Crippen LogP contribution in [0.1, 0.15) is 37.5 Å². The Labute approximate surface area is 204 Å². The van der Waals surface area contributed by atoms with E-state index >= 15 is 0 Å². The lowest BCUT2D eigenvalue weighted by Crippen LogP contribution is -2.26. The van der Waals surface area contributed by atoms with Crippen LogP contribution in [0, 0.1) is 21.4 Å². The summed E-state index contributed by atoms with van der Waals surface area (Å²) in [4.78, 5) is 23.6. The number of nitro groups is 1. The summed E-state index contributed by atoms with van der Waals surface area (Å²) in [6.45, 7) is 6.65. The lowest BCUT2D eigenvalue weighted by molar-refractivity contribution is -0.385. The summed E-state index contributed by atoms with van der Waals surface area (Å²) >= 11 is 0. The lowest BCUT2D eigenvalue weighted by Gasteiger charge is -2.19. The highest BCUT2D eigenvalue weighted by molar-refractivity contribution is 6.01. The first-order valence-corrected chi connectivity index (χ1v) is 11.2. The third-order valence-electron chi connectivity index (χ3n) is 5.35. The fraction of sp³-hybridized carbons (Fsp3) is 0.214. The van der Waals surface area contributed by atoms with Crippen molar-refractivity contribution in [1.29, 1.82) is 5.26 Å². The zero-order valence-electron chi connectivity index (χ0n) is 19.9. The molecule has 3 rings (SSSR count). The van der Waals surface area contributed by atoms with Gasteiger partial charge in [-0.1, -0.05) is 69.3 Å². The SMILES string of the molecule is CC(C)(C)c1ccc(Oc2ccc(/C=C(\C#N)C(=O)NCCc3ccccc3)cc2[N+](=O)[O-])cc1. The standard InChI is InChI=1S/C28H27N3O4/c1-28(2,3)23-10-12-24(13-11-23)35-26-14-9-21(18-25(26)31(33)34)17-22(19-29)27(32)30-16-15-20-7-5-4-6-8-20/h4-14,17-18H,15-16H2,1-3H3,(H,30,32)/b22-17+. The quantitative estimate of drug-likeness (QED) is 0.190. The van der Waals surface area contributed by atoms with Gasteiger partial charge in [0.2, 0.25) is 5.75 Å². The molecule has 0 radical (unpaired) electrons. The highest BCUT2D eigenvalue weighted by atomic mass is 16.6. The molecule has 0 aliphatic heterocycles. The number of nitrogens with zero attached hydrogens (tertiary/aromatic N) is 2. The molecule has 3 aromatic carbocycles. The fourth-order valence-electron chi connectivity index (χ4n) is 3.38. The molecule has 0 spiro atoms. The average molecular weight is 470 g/mol. The van der Waals surface area contributed by atoms with Crippen molar-refractivity contribution >= 4 is 17.7 Å². The summed E-state index contributed by atoms with van der Waals surface area (Å²) in [6, 6.07) is 23.2. The van der Waals surface area contributed by atoms with Crippen LogP contribution in [-0.4, -0.2) is 17.4 Å². The second kappa shape index (κ2) is 11.1. The van der Waals surface area contributed by atoms with Gasteiger partial charge in [0.05, 0.1) is 4.92 Å². The monoisotopic (exact) mass is 469 g/mol. The summed E-state index contributed by atoms with van der Waals surface area (Å²) in [5.41, 5.74) is 2.10. The Morgan fingerprint density at radius 3 is 2.37 bits per heavy atom. The van der Waals surface area contributed by atoms with E-state index in [1.807, 2.05) is 48.5 Å². The van der Waals surface area contributed by atoms with Gasteiger partial charge >= 0.3 is 5.69 Å². The molecule has 0 unspecified atom stereocenters. The number of benzene rings is 3. The first kappa shape index (κ1) is 25.2. The van der Waals surface area contributed by atoms with Crippen molar-refractivity contribution in [2.45, 2.75) is 32.6 Å². The maximum Gasteiger partial charge on any atom is 0.312 e. The molecule has 0 heterocycles. The minimum Gasteiger partial charge on any atom is -0.450 e. The van der Waals surface area contributed by atoms with Crippen LogP contribution in [0.5, 0.6) is 11.5 Å². The van der Waals surface area contributed by atoms with Gasteiger partial charge in [-0.2, -0.15) is 5.26 Å². The molecule has 0 saturated carbocycles. The van der Waals surface area contributed by atoms with E-state index in [9.17, 15) is 20.2 Å². The van der Waals surface area contributed by atoms with Crippen LogP contribution in [0.2, 0.25) is 0 Å². The van der Waals surface area contributed by atoms with Gasteiger partial charge in [0, 0.05) is 12.6 Å². The Bertz CT molecular complexity index is 1270. The van der Waals surface area contributed by atoms with E-state index < -0.39 is 10.8 Å². The molecule has 0 aromatic heterocycles. The molecule has 0 atom stereocenters. The van der Waals surface area contributed by atoms with Crippen molar-refractivity contribution in [3.63, 3.8) is 0 Å². The number of ether oxygens (including phenoxy) is 1. The van der Waals surface area contributed by atoms with Crippen molar-refractivity contribution in [2.75, 3.05) is 6.54 Å². The molecule has 7 nitrogen and oxygen atoms in total. The summed E-state index contributed by atoms with van der Waals surface area (Å²) in [5, 5.41) is 23.8. The minimum absolute atomic E-state index is 0.0230. The predicted molar refractivity (Wildman–Crippen MR) is 135 cm³/mol. The number of amides is 1. The van der Waals surface area contributed by atoms with E-state index in [2.05, 4.69) is 26.1 Å². The Hall–Kier alpha value is -4.44. The van der Waals surface area contributed by atoms with E-state index in [0.29, 0.717) is 24.3 Å². The third-order valence-corrected chi connectivity index (χ3v) is 5.35. The maximum absolute atomic E-state index is 12.4. The van der Waals surface area contributed by atoms with Gasteiger partial charge in [0.15, 0.2) is 0 Å². The molecule has 3 aromatic rings. The van der Waals surface area contributed by atoms with E-state index in [4.69, 9.17) is 4.74 Å². The molecule has 0 saturated heterocycles. The van der Waals surface area contributed by atoms with E-state index in [0.717, 1.165) is 11.1 Å². The average Bonchev–Trinajstić information content (AvgIpc) is 2.83. The fourth-order valence-corrected chi connectivity index (χ4v) is 3.38. The van der Waals surface area contributed by atoms with E-state index in [-0.39, 0.29) is 22.4 Å². The van der Waals surface area contributed by atoms with Gasteiger partial charge in [0.25, 0.3) is 5.91 Å². The highest BCUT2D eigenvalue weighted by Gasteiger charge is 2.18. The molecule has 178 valence electrons. The molecule has 7 heteroatoms. The van der Waals surface area contributed by atoms with Crippen molar-refractivity contribution < 1.29 is 14.5 Å². The smallest absolute Gasteiger partial charge is 0.312 e. The van der Waals surface area contributed by atoms with Crippen LogP contribution in [-0.2, 0) is 16.6 Å². The Balaban J connectivity index is 1.74. The van der Waals surface area contributed by atoms with Gasteiger partial charge in [-0.3, -0.25) is 14.9 Å². The molecular weight excluding hydrogens is 442 g/mol. The normalized spacial score (nSPS) is 11.4. The molecule has 0 bridgehead atoms. The zero-order valence-corrected chi connectivity index (χ0v) is 19.9. The second-order valence-electron chi connectivity index (χ2n) is 9.02. The summed E-state index contributed by atoms with van der Waals surface area (Å²) < 4.78 is 5.76. The Kier molecular flexibility index (Phi) is 8.00. The highest BCUT2D eigenvalue weighted by Crippen LogP contribution is 2.34. The van der Waals surface area contributed by atoms with Gasteiger partial charge in [0.1, 0.15) is 17.4 Å². The van der Waals surface area contributed by atoms with E-state index in [1.165, 1.54) is 18.2 Å². The number of nitro benzene ring substituents is 1. The molecule has 0 aliphatic rings. The van der Waals surface area contributed by atoms with Crippen LogP contribution < -0.4 is 10.1 Å². The number of rotatable bonds is 8. The van der Waals surface area contributed by atoms with Gasteiger partial charge in [-0.05, 0) is 52.8 Å². The van der Waals surface area contributed by atoms with Crippen LogP contribution in [0.3, 0.4) is 0 Å². The van der Waals surface area contributed by atoms with Gasteiger partial charge < -0.3 is 10.1 Å². The lowest BCUT2D eigenvalue weighted by atomic mass is 9.87. The van der Waals surface area contributed by atoms with Gasteiger partial charge in [-0.15, -0.1) is 0 Å². The third kappa shape index (κ3) is 7.02. The summed E-state index contributed by atoms with van der Waals surface area (Å²) in [7, 11) is 0. The summed E-state index contributed by atoms with van der Waals surface area (Å²) in [6.07, 6.45) is 1.95. The maximum atomic E-state index is 12.4. The van der Waals surface area contributed by atoms with Crippen LogP contribution >= 0.6 is 0 Å². The Morgan fingerprint density at radius 2 is 1.77 bits per heavy atom. The molecule has 0 aliphatic carbocycles. The number of carbonyl (C=O) groups excluding carboxylic acids is 1. The zero-order chi connectivity index (χ0) is 25.4. The van der Waals surface area contributed by atoms with Crippen molar-refractivity contribution in [3.05, 3.63) is 105 Å². The number of nitrogens with one attached hydrogen (secondary N) is 1. The molecule has 1 N–H and O–H groups in total. The minimum atomic E-state index is -0.553. The van der Waals surface area contributed by atoms with Crippen LogP contribution in [0.25, 0.3) is 6.08 Å². The largest absolute Gasteiger partial charge is 0.450 e. The molecular formula is C28H27N3O4. The second-order valence-corrected chi connectivity index (χ2v) is 9.02. The van der Waals surface area contributed by atoms with E-state index in [1.54, 1.807) is 18.2 Å². The molecule has 35 heavy (non-hydrogen) atoms. The van der Waals surface area contributed by atoms with Crippen molar-refractivity contribution in [3.8, 4) is 17.6 Å². The number of carbonyl (C=O) groups is 1. The molecule has 1 amide bonds. The first-order valence-electron chi connectivity index (χ1n) is 11.2. The van der Waals surface area contributed by atoms with Crippen molar-refractivity contribution in [1.82, 2.24) is 5.32 Å². The Morgan fingerprint density at radius 1 is 1.09 bits per heavy atom. The van der Waals surface area contributed by atoms with Crippen LogP contribution in [0.15, 0.2) is 78.4 Å². The summed E-state index contributed by atoms with van der Waals surface area (Å²) in [5.74, 6) is 0.00623. The molecule has 0 fully saturated rings. The first-order chi connectivity index (χ1) is 16.7. The number of nitriles is 1. The number of hydrogen-bond acceptors (Lipinski definition) is 5. The predicted octanol–water partition coefficient (Wildman–Crippen LogP) is 5.95.